The lowest BCUT2D eigenvalue weighted by molar-refractivity contribution is 0.373. The molecule has 0 unspecified atom stereocenters. The predicted molar refractivity (Wildman–Crippen MR) is 106 cm³/mol. The zero-order valence-corrected chi connectivity index (χ0v) is 15.4. The molecule has 0 amide bonds. The van der Waals surface area contributed by atoms with Gasteiger partial charge in [0, 0.05) is 11.8 Å². The van der Waals surface area contributed by atoms with Crippen LogP contribution in [0.1, 0.15) is 5.56 Å². The van der Waals surface area contributed by atoms with Crippen LogP contribution in [0.3, 0.4) is 0 Å². The van der Waals surface area contributed by atoms with Crippen LogP contribution >= 0.6 is 11.6 Å². The molecule has 3 aromatic carbocycles. The topological polar surface area (TPSA) is 67.9 Å². The van der Waals surface area contributed by atoms with E-state index in [1.807, 2.05) is 0 Å². The molecule has 0 aliphatic rings. The van der Waals surface area contributed by atoms with Crippen molar-refractivity contribution < 1.29 is 18.7 Å². The number of para-hydroxylation sites is 1. The van der Waals surface area contributed by atoms with Crippen LogP contribution in [0.15, 0.2) is 64.0 Å². The molecule has 0 aliphatic heterocycles. The van der Waals surface area contributed by atoms with Gasteiger partial charge in [0.15, 0.2) is 17.1 Å². The summed E-state index contributed by atoms with van der Waals surface area (Å²) in [5, 5.41) is 10.4. The molecule has 1 N–H and O–H groups in total. The molecule has 0 radical (unpaired) electrons. The van der Waals surface area contributed by atoms with Crippen molar-refractivity contribution >= 4 is 34.6 Å². The lowest BCUT2D eigenvalue weighted by Gasteiger charge is -2.04. The largest absolute Gasteiger partial charge is 0.504 e. The summed E-state index contributed by atoms with van der Waals surface area (Å²) in [5.41, 5.74) is 2.79. The number of phenols is 1. The third-order valence-corrected chi connectivity index (χ3v) is 4.45. The number of nitrogens with zero attached hydrogens (tertiary/aromatic N) is 2. The van der Waals surface area contributed by atoms with Gasteiger partial charge in [0.05, 0.1) is 23.4 Å². The lowest BCUT2D eigenvalue weighted by atomic mass is 10.2. The van der Waals surface area contributed by atoms with Crippen LogP contribution in [0.4, 0.5) is 10.1 Å². The highest BCUT2D eigenvalue weighted by Gasteiger charge is 2.13. The molecule has 0 atom stereocenters. The summed E-state index contributed by atoms with van der Waals surface area (Å²) in [6, 6.07) is 14.4. The Morgan fingerprint density at radius 1 is 1.18 bits per heavy atom. The Labute approximate surface area is 164 Å². The molecule has 0 bridgehead atoms. The Morgan fingerprint density at radius 3 is 2.82 bits per heavy atom. The van der Waals surface area contributed by atoms with E-state index in [1.54, 1.807) is 36.4 Å². The zero-order chi connectivity index (χ0) is 19.7. The molecular formula is C21H14ClFN2O3. The first kappa shape index (κ1) is 18.0. The van der Waals surface area contributed by atoms with Crippen molar-refractivity contribution in [3.8, 4) is 23.0 Å². The fourth-order valence-electron chi connectivity index (χ4n) is 2.73. The second-order valence-corrected chi connectivity index (χ2v) is 6.36. The Bertz CT molecular complexity index is 1200. The van der Waals surface area contributed by atoms with E-state index in [9.17, 15) is 9.50 Å². The van der Waals surface area contributed by atoms with Crippen LogP contribution in [-0.4, -0.2) is 23.4 Å². The van der Waals surface area contributed by atoms with Gasteiger partial charge in [-0.3, -0.25) is 4.99 Å². The summed E-state index contributed by atoms with van der Waals surface area (Å²) in [7, 11) is 1.49. The van der Waals surface area contributed by atoms with Crippen molar-refractivity contribution in [2.45, 2.75) is 0 Å². The van der Waals surface area contributed by atoms with E-state index in [1.165, 1.54) is 31.5 Å². The summed E-state index contributed by atoms with van der Waals surface area (Å²) >= 11 is 6.08. The zero-order valence-electron chi connectivity index (χ0n) is 14.7. The van der Waals surface area contributed by atoms with E-state index < -0.39 is 5.82 Å². The van der Waals surface area contributed by atoms with Crippen molar-refractivity contribution in [3.63, 3.8) is 0 Å². The van der Waals surface area contributed by atoms with Crippen molar-refractivity contribution in [3.05, 3.63) is 71.0 Å². The molecule has 4 rings (SSSR count). The molecule has 1 aromatic heterocycles. The van der Waals surface area contributed by atoms with Crippen LogP contribution in [0, 0.1) is 5.82 Å². The molecule has 0 saturated carbocycles. The van der Waals surface area contributed by atoms with E-state index in [-0.39, 0.29) is 10.8 Å². The van der Waals surface area contributed by atoms with Gasteiger partial charge in [-0.25, -0.2) is 9.37 Å². The van der Waals surface area contributed by atoms with E-state index in [2.05, 4.69) is 9.98 Å². The number of rotatable bonds is 4. The van der Waals surface area contributed by atoms with E-state index in [0.717, 1.165) is 0 Å². The number of ether oxygens (including phenoxy) is 1. The van der Waals surface area contributed by atoms with E-state index >= 15 is 0 Å². The highest BCUT2D eigenvalue weighted by Crippen LogP contribution is 2.32. The molecule has 0 fully saturated rings. The fraction of sp³-hybridized carbons (Fsp3) is 0.0476. The summed E-state index contributed by atoms with van der Waals surface area (Å²) in [6.07, 6.45) is 1.54. The van der Waals surface area contributed by atoms with Crippen LogP contribution in [0.25, 0.3) is 22.6 Å². The van der Waals surface area contributed by atoms with Gasteiger partial charge in [-0.05, 0) is 48.5 Å². The Kier molecular flexibility index (Phi) is 4.71. The van der Waals surface area contributed by atoms with Crippen LogP contribution in [0.2, 0.25) is 5.02 Å². The Hall–Kier alpha value is -3.38. The Morgan fingerprint density at radius 2 is 2.04 bits per heavy atom. The quantitative estimate of drug-likeness (QED) is 0.446. The summed E-state index contributed by atoms with van der Waals surface area (Å²) in [4.78, 5) is 8.79. The van der Waals surface area contributed by atoms with Gasteiger partial charge in [-0.2, -0.15) is 0 Å². The fourth-order valence-corrected chi connectivity index (χ4v) is 2.97. The predicted octanol–water partition coefficient (Wildman–Crippen LogP) is 5.75. The molecule has 140 valence electrons. The van der Waals surface area contributed by atoms with Crippen LogP contribution in [-0.2, 0) is 0 Å². The number of aromatic nitrogens is 1. The average molecular weight is 397 g/mol. The van der Waals surface area contributed by atoms with Gasteiger partial charge in [-0.15, -0.1) is 0 Å². The van der Waals surface area contributed by atoms with Gasteiger partial charge in [-0.1, -0.05) is 17.7 Å². The monoisotopic (exact) mass is 396 g/mol. The molecule has 0 spiro atoms. The maximum Gasteiger partial charge on any atom is 0.228 e. The number of methoxy groups -OCH3 is 1. The summed E-state index contributed by atoms with van der Waals surface area (Å²) in [5.74, 6) is 0.259. The van der Waals surface area contributed by atoms with Gasteiger partial charge < -0.3 is 14.3 Å². The number of halogens is 2. The number of aromatic hydroxyl groups is 1. The molecular weight excluding hydrogens is 383 g/mol. The molecule has 0 saturated heterocycles. The SMILES string of the molecule is COc1cccc(C=Nc2ccc3oc(-c4ccc(F)cc4Cl)nc3c2)c1O. The number of aliphatic imine (C=N–C) groups is 1. The molecule has 0 aliphatic carbocycles. The minimum atomic E-state index is -0.428. The second kappa shape index (κ2) is 7.32. The van der Waals surface area contributed by atoms with Gasteiger partial charge in [0.25, 0.3) is 0 Å². The maximum atomic E-state index is 13.2. The van der Waals surface area contributed by atoms with Crippen LogP contribution in [0.5, 0.6) is 11.5 Å². The van der Waals surface area contributed by atoms with Crippen molar-refractivity contribution in [1.29, 1.82) is 0 Å². The molecule has 1 heterocycles. The Balaban J connectivity index is 1.67. The third kappa shape index (κ3) is 3.42. The number of fused-ring (bicyclic) bond motifs is 1. The minimum Gasteiger partial charge on any atom is -0.504 e. The van der Waals surface area contributed by atoms with Gasteiger partial charge in [0.2, 0.25) is 5.89 Å². The van der Waals surface area contributed by atoms with Crippen molar-refractivity contribution in [2.75, 3.05) is 7.11 Å². The first-order valence-corrected chi connectivity index (χ1v) is 8.69. The summed E-state index contributed by atoms with van der Waals surface area (Å²) in [6.45, 7) is 0. The normalized spacial score (nSPS) is 11.4. The van der Waals surface area contributed by atoms with E-state index in [0.29, 0.717) is 39.6 Å². The van der Waals surface area contributed by atoms with Crippen LogP contribution < -0.4 is 4.74 Å². The number of hydrogen-bond donors (Lipinski definition) is 1. The van der Waals surface area contributed by atoms with Gasteiger partial charge in [0.1, 0.15) is 11.3 Å². The number of benzene rings is 3. The lowest BCUT2D eigenvalue weighted by Crippen LogP contribution is -1.88. The minimum absolute atomic E-state index is 0.0181. The molecule has 4 aromatic rings. The number of oxazole rings is 1. The van der Waals surface area contributed by atoms with E-state index in [4.69, 9.17) is 20.8 Å². The van der Waals surface area contributed by atoms with Gasteiger partial charge >= 0.3 is 0 Å². The average Bonchev–Trinajstić information content (AvgIpc) is 3.10. The smallest absolute Gasteiger partial charge is 0.228 e. The molecule has 5 nitrogen and oxygen atoms in total. The van der Waals surface area contributed by atoms with Crippen molar-refractivity contribution in [1.82, 2.24) is 4.98 Å². The first-order chi connectivity index (χ1) is 13.5. The second-order valence-electron chi connectivity index (χ2n) is 5.95. The number of hydrogen-bond acceptors (Lipinski definition) is 5. The maximum absolute atomic E-state index is 13.2. The van der Waals surface area contributed by atoms with Crippen molar-refractivity contribution in [2.24, 2.45) is 4.99 Å². The number of phenolic OH excluding ortho intramolecular Hbond substituents is 1. The third-order valence-electron chi connectivity index (χ3n) is 4.14. The molecule has 7 heteroatoms. The molecule has 28 heavy (non-hydrogen) atoms. The highest BCUT2D eigenvalue weighted by molar-refractivity contribution is 6.33. The standard InChI is InChI=1S/C21H14ClFN2O3/c1-27-19-4-2-3-12(20(19)26)11-24-14-6-8-18-17(10-14)25-21(28-18)15-7-5-13(23)9-16(15)22/h2-11,26H,1H3. The first-order valence-electron chi connectivity index (χ1n) is 8.31. The summed E-state index contributed by atoms with van der Waals surface area (Å²) < 4.78 is 24.0. The highest BCUT2D eigenvalue weighted by atomic mass is 35.5.